The van der Waals surface area contributed by atoms with Gasteiger partial charge in [0.1, 0.15) is 17.6 Å². The van der Waals surface area contributed by atoms with Crippen molar-refractivity contribution in [3.63, 3.8) is 0 Å². The topological polar surface area (TPSA) is 75.7 Å². The Morgan fingerprint density at radius 1 is 1.17 bits per heavy atom. The van der Waals surface area contributed by atoms with Crippen LogP contribution < -0.4 is 14.4 Å². The van der Waals surface area contributed by atoms with Crippen molar-refractivity contribution in [3.8, 4) is 5.75 Å². The van der Waals surface area contributed by atoms with E-state index in [0.717, 1.165) is 21.9 Å². The zero-order chi connectivity index (χ0) is 21.4. The summed E-state index contributed by atoms with van der Waals surface area (Å²) in [5.41, 5.74) is 0.895. The third kappa shape index (κ3) is 5.93. The number of methoxy groups -OCH3 is 1. The fourth-order valence-corrected chi connectivity index (χ4v) is 4.40. The van der Waals surface area contributed by atoms with Crippen LogP contribution in [0.3, 0.4) is 0 Å². The number of carbonyl (C=O) groups excluding carboxylic acids is 1. The smallest absolute Gasteiger partial charge is 0.243 e. The lowest BCUT2D eigenvalue weighted by atomic mass is 10.1. The molecular weight excluding hydrogens is 395 g/mol. The predicted octanol–water partition coefficient (Wildman–Crippen LogP) is 3.13. The summed E-state index contributed by atoms with van der Waals surface area (Å²) in [6.07, 6.45) is 2.53. The maximum atomic E-state index is 14.2. The molecule has 0 radical (unpaired) electrons. The Bertz CT molecular complexity index is 934. The van der Waals surface area contributed by atoms with E-state index in [0.29, 0.717) is 19.4 Å². The molecule has 0 aliphatic heterocycles. The van der Waals surface area contributed by atoms with E-state index in [1.165, 1.54) is 24.3 Å². The molecule has 0 saturated heterocycles. The van der Waals surface area contributed by atoms with Gasteiger partial charge in [-0.15, -0.1) is 0 Å². The van der Waals surface area contributed by atoms with Crippen LogP contribution >= 0.6 is 0 Å². The van der Waals surface area contributed by atoms with Gasteiger partial charge in [-0.25, -0.2) is 12.8 Å². The molecule has 0 unspecified atom stereocenters. The molecule has 0 fully saturated rings. The molecule has 0 aliphatic rings. The van der Waals surface area contributed by atoms with Crippen LogP contribution in [0.4, 0.5) is 10.1 Å². The van der Waals surface area contributed by atoms with Crippen molar-refractivity contribution in [2.45, 2.75) is 32.2 Å². The lowest BCUT2D eigenvalue weighted by molar-refractivity contribution is -0.122. The molecule has 0 heterocycles. The van der Waals surface area contributed by atoms with Gasteiger partial charge in [-0.1, -0.05) is 37.3 Å². The summed E-state index contributed by atoms with van der Waals surface area (Å²) in [6.45, 7) is 2.06. The fraction of sp³-hybridized carbons (Fsp3) is 0.381. The number of sulfonamides is 1. The Morgan fingerprint density at radius 2 is 1.83 bits per heavy atom. The monoisotopic (exact) mass is 422 g/mol. The highest BCUT2D eigenvalue weighted by Crippen LogP contribution is 2.25. The highest BCUT2D eigenvalue weighted by Gasteiger charge is 2.32. The first-order chi connectivity index (χ1) is 13.8. The van der Waals surface area contributed by atoms with Gasteiger partial charge in [0, 0.05) is 6.54 Å². The maximum Gasteiger partial charge on any atom is 0.243 e. The number of benzene rings is 2. The fourth-order valence-electron chi connectivity index (χ4n) is 3.18. The molecule has 0 saturated carbocycles. The molecule has 1 atom stereocenters. The van der Waals surface area contributed by atoms with Crippen molar-refractivity contribution in [2.75, 3.05) is 24.2 Å². The highest BCUT2D eigenvalue weighted by molar-refractivity contribution is 7.92. The summed E-state index contributed by atoms with van der Waals surface area (Å²) in [7, 11) is -2.26. The molecule has 2 aromatic rings. The third-order valence-electron chi connectivity index (χ3n) is 4.53. The number of aryl methyl sites for hydroxylation is 1. The third-order valence-corrected chi connectivity index (χ3v) is 5.70. The highest BCUT2D eigenvalue weighted by atomic mass is 32.2. The van der Waals surface area contributed by atoms with Crippen molar-refractivity contribution in [1.82, 2.24) is 5.32 Å². The van der Waals surface area contributed by atoms with Crippen LogP contribution in [0.5, 0.6) is 5.75 Å². The van der Waals surface area contributed by atoms with Gasteiger partial charge in [0.2, 0.25) is 15.9 Å². The summed E-state index contributed by atoms with van der Waals surface area (Å²) in [6, 6.07) is 12.1. The summed E-state index contributed by atoms with van der Waals surface area (Å²) in [4.78, 5) is 12.7. The molecule has 29 heavy (non-hydrogen) atoms. The van der Waals surface area contributed by atoms with E-state index >= 15 is 0 Å². The van der Waals surface area contributed by atoms with Crippen molar-refractivity contribution >= 4 is 21.6 Å². The van der Waals surface area contributed by atoms with E-state index in [9.17, 15) is 17.6 Å². The van der Waals surface area contributed by atoms with Crippen molar-refractivity contribution in [3.05, 3.63) is 59.9 Å². The Kier molecular flexibility index (Phi) is 8.01. The lowest BCUT2D eigenvalue weighted by Crippen LogP contribution is -2.49. The Morgan fingerprint density at radius 3 is 2.45 bits per heavy atom. The standard InChI is InChI=1S/C21H27FN2O4S/c1-4-18(24(29(3,26)27)19-13-7-6-12-17(19)22)21(25)23-15-9-11-16-10-5-8-14-20(16)28-2/h5-8,10,12-14,18H,4,9,11,15H2,1-3H3,(H,23,25)/t18-/m0/s1. The minimum Gasteiger partial charge on any atom is -0.496 e. The van der Waals surface area contributed by atoms with Crippen LogP contribution in [-0.2, 0) is 21.2 Å². The number of rotatable bonds is 10. The molecule has 158 valence electrons. The Balaban J connectivity index is 2.07. The molecular formula is C21H27FN2O4S. The van der Waals surface area contributed by atoms with Gasteiger partial charge >= 0.3 is 0 Å². The van der Waals surface area contributed by atoms with Gasteiger partial charge in [-0.2, -0.15) is 0 Å². The van der Waals surface area contributed by atoms with Gasteiger partial charge in [0.05, 0.1) is 19.1 Å². The summed E-state index contributed by atoms with van der Waals surface area (Å²) in [5, 5.41) is 2.77. The molecule has 2 rings (SSSR count). The second-order valence-corrected chi connectivity index (χ2v) is 8.50. The number of nitrogens with one attached hydrogen (secondary N) is 1. The quantitative estimate of drug-likeness (QED) is 0.597. The maximum absolute atomic E-state index is 14.2. The lowest BCUT2D eigenvalue weighted by Gasteiger charge is -2.30. The van der Waals surface area contributed by atoms with E-state index in [1.54, 1.807) is 14.0 Å². The molecule has 0 aliphatic carbocycles. The summed E-state index contributed by atoms with van der Waals surface area (Å²) in [5.74, 6) is -0.366. The average molecular weight is 423 g/mol. The molecule has 1 amide bonds. The van der Waals surface area contributed by atoms with Crippen LogP contribution in [0.15, 0.2) is 48.5 Å². The van der Waals surface area contributed by atoms with Gasteiger partial charge < -0.3 is 10.1 Å². The average Bonchev–Trinajstić information content (AvgIpc) is 2.69. The number of hydrogen-bond acceptors (Lipinski definition) is 4. The first-order valence-electron chi connectivity index (χ1n) is 9.43. The number of anilines is 1. The number of carbonyl (C=O) groups is 1. The number of hydrogen-bond donors (Lipinski definition) is 1. The van der Waals surface area contributed by atoms with Crippen molar-refractivity contribution < 1.29 is 22.3 Å². The first-order valence-corrected chi connectivity index (χ1v) is 11.3. The molecule has 8 heteroatoms. The Labute approximate surface area is 171 Å². The van der Waals surface area contributed by atoms with E-state index in [2.05, 4.69) is 5.32 Å². The minimum atomic E-state index is -3.86. The van der Waals surface area contributed by atoms with Gasteiger partial charge in [-0.05, 0) is 43.0 Å². The van der Waals surface area contributed by atoms with E-state index in [1.807, 2.05) is 24.3 Å². The second-order valence-electron chi connectivity index (χ2n) is 6.64. The van der Waals surface area contributed by atoms with Crippen LogP contribution in [-0.4, -0.2) is 40.3 Å². The molecule has 0 spiro atoms. The van der Waals surface area contributed by atoms with Crippen LogP contribution in [0.2, 0.25) is 0 Å². The minimum absolute atomic E-state index is 0.133. The summed E-state index contributed by atoms with van der Waals surface area (Å²) >= 11 is 0. The number of halogens is 1. The van der Waals surface area contributed by atoms with Crippen molar-refractivity contribution in [2.24, 2.45) is 0 Å². The molecule has 0 aromatic heterocycles. The van der Waals surface area contributed by atoms with E-state index in [-0.39, 0.29) is 12.1 Å². The van der Waals surface area contributed by atoms with Gasteiger partial charge in [0.25, 0.3) is 0 Å². The van der Waals surface area contributed by atoms with E-state index < -0.39 is 27.8 Å². The molecule has 1 N–H and O–H groups in total. The number of amides is 1. The first kappa shape index (κ1) is 22.7. The zero-order valence-corrected chi connectivity index (χ0v) is 17.7. The molecule has 2 aromatic carbocycles. The zero-order valence-electron chi connectivity index (χ0n) is 16.9. The normalized spacial score (nSPS) is 12.3. The number of para-hydroxylation sites is 2. The largest absolute Gasteiger partial charge is 0.496 e. The summed E-state index contributed by atoms with van der Waals surface area (Å²) < 4.78 is 45.1. The number of nitrogens with zero attached hydrogens (tertiary/aromatic N) is 1. The number of ether oxygens (including phenoxy) is 1. The van der Waals surface area contributed by atoms with Crippen LogP contribution in [0.1, 0.15) is 25.3 Å². The van der Waals surface area contributed by atoms with Crippen molar-refractivity contribution in [1.29, 1.82) is 0 Å². The van der Waals surface area contributed by atoms with Crippen LogP contribution in [0, 0.1) is 5.82 Å². The van der Waals surface area contributed by atoms with E-state index in [4.69, 9.17) is 4.74 Å². The van der Waals surface area contributed by atoms with Gasteiger partial charge in [-0.3, -0.25) is 9.10 Å². The SMILES string of the molecule is CC[C@@H](C(=O)NCCCc1ccccc1OC)N(c1ccccc1F)S(C)(=O)=O. The molecule has 0 bridgehead atoms. The molecule has 6 nitrogen and oxygen atoms in total. The second kappa shape index (κ2) is 10.2. The Hall–Kier alpha value is -2.61. The van der Waals surface area contributed by atoms with Crippen LogP contribution in [0.25, 0.3) is 0 Å². The predicted molar refractivity (Wildman–Crippen MR) is 112 cm³/mol. The van der Waals surface area contributed by atoms with Gasteiger partial charge in [0.15, 0.2) is 0 Å².